The number of hydrogen-bond donors (Lipinski definition) is 2. The molecule has 12 heteroatoms. The lowest BCUT2D eigenvalue weighted by atomic mass is 9.96. The number of anilines is 2. The van der Waals surface area contributed by atoms with Crippen LogP contribution in [-0.2, 0) is 12.6 Å². The van der Waals surface area contributed by atoms with Crippen LogP contribution in [0, 0.1) is 28.1 Å². The largest absolute Gasteiger partial charge is 0.383 e. The molecule has 5 aromatic rings. The maximum atomic E-state index is 13.9. The Bertz CT molecular complexity index is 1930. The molecule has 0 saturated heterocycles. The van der Waals surface area contributed by atoms with Gasteiger partial charge in [0.25, 0.3) is 6.43 Å². The zero-order valence-electron chi connectivity index (χ0n) is 24.2. The summed E-state index contributed by atoms with van der Waals surface area (Å²) in [6.07, 6.45) is 2.86. The number of imidazole rings is 1. The van der Waals surface area contributed by atoms with Crippen LogP contribution in [0.5, 0.6) is 0 Å². The molecule has 10 nitrogen and oxygen atoms in total. The highest BCUT2D eigenvalue weighted by atomic mass is 19.3. The molecule has 3 aromatic heterocycles. The first-order valence-electron chi connectivity index (χ1n) is 13.9. The van der Waals surface area contributed by atoms with Gasteiger partial charge in [-0.3, -0.25) is 4.98 Å². The molecule has 1 aliphatic rings. The monoisotopic (exact) mass is 580 g/mol. The average Bonchev–Trinajstić information content (AvgIpc) is 3.50. The molecule has 3 heterocycles. The number of nitrogens with zero attached hydrogens (tertiary/aromatic N) is 8. The van der Waals surface area contributed by atoms with Crippen LogP contribution in [0.4, 0.5) is 20.2 Å². The van der Waals surface area contributed by atoms with Gasteiger partial charge in [0.05, 0.1) is 51.9 Å². The van der Waals surface area contributed by atoms with Gasteiger partial charge in [-0.25, -0.2) is 18.4 Å². The minimum Gasteiger partial charge on any atom is -0.383 e. The van der Waals surface area contributed by atoms with E-state index in [2.05, 4.69) is 63.8 Å². The highest BCUT2D eigenvalue weighted by molar-refractivity contribution is 5.99. The summed E-state index contributed by atoms with van der Waals surface area (Å²) >= 11 is 0. The van der Waals surface area contributed by atoms with Crippen molar-refractivity contribution in [3.63, 3.8) is 0 Å². The second-order valence-electron chi connectivity index (χ2n) is 12.2. The van der Waals surface area contributed by atoms with E-state index in [1.54, 1.807) is 18.6 Å². The van der Waals surface area contributed by atoms with Gasteiger partial charge in [0.15, 0.2) is 0 Å². The summed E-state index contributed by atoms with van der Waals surface area (Å²) in [5.41, 5.74) is 3.73. The van der Waals surface area contributed by atoms with E-state index in [0.717, 1.165) is 16.6 Å². The molecule has 43 heavy (non-hydrogen) atoms. The molecule has 0 bridgehead atoms. The van der Waals surface area contributed by atoms with Gasteiger partial charge in [0.2, 0.25) is 0 Å². The van der Waals surface area contributed by atoms with Crippen LogP contribution in [0.25, 0.3) is 21.9 Å². The van der Waals surface area contributed by atoms with E-state index in [0.29, 0.717) is 58.5 Å². The molecule has 0 aliphatic heterocycles. The van der Waals surface area contributed by atoms with Crippen LogP contribution in [-0.4, -0.2) is 42.5 Å². The van der Waals surface area contributed by atoms with Gasteiger partial charge in [-0.05, 0) is 36.5 Å². The Morgan fingerprint density at radius 3 is 2.53 bits per heavy atom. The molecule has 2 N–H and O–H groups in total. The number of para-hydroxylation sites is 1. The van der Waals surface area contributed by atoms with E-state index in [1.807, 2.05) is 35.9 Å². The molecule has 6 rings (SSSR count). The highest BCUT2D eigenvalue weighted by Gasteiger charge is 2.54. The first kappa shape index (κ1) is 28.0. The minimum absolute atomic E-state index is 0.0773. The number of nitrogens with one attached hydrogen (secondary N) is 2. The second-order valence-corrected chi connectivity index (χ2v) is 12.2. The Labute approximate surface area is 247 Å². The summed E-state index contributed by atoms with van der Waals surface area (Å²) in [4.78, 5) is 8.93. The van der Waals surface area contributed by atoms with Crippen molar-refractivity contribution in [3.05, 3.63) is 71.4 Å². The van der Waals surface area contributed by atoms with E-state index in [1.165, 1.54) is 10.9 Å². The molecule has 2 aromatic carbocycles. The average molecular weight is 581 g/mol. The number of benzene rings is 2. The molecule has 0 amide bonds. The van der Waals surface area contributed by atoms with Crippen molar-refractivity contribution in [3.8, 4) is 12.1 Å². The van der Waals surface area contributed by atoms with Crippen molar-refractivity contribution in [1.29, 1.82) is 10.5 Å². The van der Waals surface area contributed by atoms with Gasteiger partial charge in [0.1, 0.15) is 23.4 Å². The van der Waals surface area contributed by atoms with Crippen molar-refractivity contribution in [1.82, 2.24) is 29.5 Å². The van der Waals surface area contributed by atoms with Crippen LogP contribution >= 0.6 is 0 Å². The number of halogens is 2. The topological polar surface area (TPSA) is 133 Å². The second kappa shape index (κ2) is 10.3. The fourth-order valence-corrected chi connectivity index (χ4v) is 5.36. The molecule has 1 saturated carbocycles. The van der Waals surface area contributed by atoms with Crippen LogP contribution < -0.4 is 10.6 Å². The summed E-state index contributed by atoms with van der Waals surface area (Å²) in [7, 11) is 1.88. The Hall–Kier alpha value is -5.10. The smallest absolute Gasteiger partial charge is 0.263 e. The van der Waals surface area contributed by atoms with E-state index in [4.69, 9.17) is 0 Å². The molecule has 0 spiro atoms. The number of aromatic nitrogens is 6. The quantitative estimate of drug-likeness (QED) is 0.233. The Kier molecular flexibility index (Phi) is 6.73. The van der Waals surface area contributed by atoms with E-state index in [-0.39, 0.29) is 5.41 Å². The van der Waals surface area contributed by atoms with Crippen LogP contribution in [0.2, 0.25) is 0 Å². The summed E-state index contributed by atoms with van der Waals surface area (Å²) in [5, 5.41) is 36.0. The van der Waals surface area contributed by atoms with Crippen molar-refractivity contribution >= 4 is 33.3 Å². The predicted octanol–water partition coefficient (Wildman–Crippen LogP) is 5.87. The fraction of sp³-hybridized carbons (Fsp3) is 0.355. The molecule has 218 valence electrons. The number of aryl methyl sites for hydroxylation is 1. The molecular formula is C31H30F2N10. The molecule has 1 fully saturated rings. The molecule has 1 aliphatic carbocycles. The third-order valence-electron chi connectivity index (χ3n) is 7.83. The number of rotatable bonds is 8. The van der Waals surface area contributed by atoms with Gasteiger partial charge < -0.3 is 15.2 Å². The third kappa shape index (κ3) is 4.99. The van der Waals surface area contributed by atoms with E-state index >= 15 is 0 Å². The Morgan fingerprint density at radius 1 is 1.09 bits per heavy atom. The van der Waals surface area contributed by atoms with Crippen LogP contribution in [0.15, 0.2) is 49.1 Å². The lowest BCUT2D eigenvalue weighted by Crippen LogP contribution is -2.26. The Morgan fingerprint density at radius 2 is 1.86 bits per heavy atom. The lowest BCUT2D eigenvalue weighted by molar-refractivity contribution is 0.0593. The first-order chi connectivity index (χ1) is 20.5. The van der Waals surface area contributed by atoms with Gasteiger partial charge in [-0.2, -0.15) is 10.5 Å². The number of fused-ring (bicyclic) bond motifs is 2. The van der Waals surface area contributed by atoms with Gasteiger partial charge in [-0.15, -0.1) is 5.10 Å². The lowest BCUT2D eigenvalue weighted by Gasteiger charge is -2.23. The van der Waals surface area contributed by atoms with Crippen LogP contribution in [0.1, 0.15) is 62.0 Å². The Balaban J connectivity index is 1.51. The number of alkyl halides is 2. The molecular weight excluding hydrogens is 550 g/mol. The third-order valence-corrected chi connectivity index (χ3v) is 7.83. The van der Waals surface area contributed by atoms with Crippen molar-refractivity contribution < 1.29 is 8.78 Å². The van der Waals surface area contributed by atoms with Crippen molar-refractivity contribution in [2.75, 3.05) is 17.2 Å². The number of hydrogen-bond acceptors (Lipinski definition) is 8. The number of nitriles is 2. The zero-order valence-corrected chi connectivity index (χ0v) is 24.2. The minimum atomic E-state index is -2.56. The molecule has 0 radical (unpaired) electrons. The summed E-state index contributed by atoms with van der Waals surface area (Å²) in [6, 6.07) is 13.1. The van der Waals surface area contributed by atoms with Gasteiger partial charge in [0, 0.05) is 36.4 Å². The van der Waals surface area contributed by atoms with Crippen molar-refractivity contribution in [2.24, 2.45) is 12.5 Å². The summed E-state index contributed by atoms with van der Waals surface area (Å²) < 4.78 is 31.1. The van der Waals surface area contributed by atoms with Gasteiger partial charge >= 0.3 is 0 Å². The van der Waals surface area contributed by atoms with Gasteiger partial charge in [-0.1, -0.05) is 38.1 Å². The maximum absolute atomic E-state index is 13.9. The highest BCUT2D eigenvalue weighted by Crippen LogP contribution is 2.48. The van der Waals surface area contributed by atoms with Crippen molar-refractivity contribution in [2.45, 2.75) is 51.6 Å². The number of pyridine rings is 1. The first-order valence-corrected chi connectivity index (χ1v) is 13.9. The summed E-state index contributed by atoms with van der Waals surface area (Å²) in [5.74, 6) is 0. The fourth-order valence-electron chi connectivity index (χ4n) is 5.36. The standard InChI is InChI=1S/C31H30F2N10/c1-30(2,3)16-37-26-19(13-35)14-36-25-18(12-34)10-20(11-22(25)26)39-27(21-6-5-7-23-28(21)42(4)17-38-23)24-15-43(41-40-24)31(8-9-31)29(32)33/h5-7,10-11,14-15,17,27,29,39H,8-9,16H2,1-4H3,(H,36,37). The molecule has 1 unspecified atom stereocenters. The van der Waals surface area contributed by atoms with E-state index < -0.39 is 18.0 Å². The summed E-state index contributed by atoms with van der Waals surface area (Å²) in [6.45, 7) is 6.83. The zero-order chi connectivity index (χ0) is 30.5. The SMILES string of the molecule is Cn1cnc2cccc(C(Nc3cc(C#N)c4ncc(C#N)c(NCC(C)(C)C)c4c3)c3cn(C4(C(F)F)CC4)nn3)c21. The molecule has 1 atom stereocenters. The van der Waals surface area contributed by atoms with Crippen LogP contribution in [0.3, 0.4) is 0 Å². The maximum Gasteiger partial charge on any atom is 0.263 e. The normalized spacial score (nSPS) is 14.9. The van der Waals surface area contributed by atoms with E-state index in [9.17, 15) is 19.3 Å². The predicted molar refractivity (Wildman–Crippen MR) is 159 cm³/mol.